The Labute approximate surface area is 165 Å². The fraction of sp³-hybridized carbons (Fsp3) is 0.364. The van der Waals surface area contributed by atoms with Crippen molar-refractivity contribution < 1.29 is 14.3 Å². The highest BCUT2D eigenvalue weighted by atomic mass is 16.6. The number of hydrogen-bond donors (Lipinski definition) is 0. The summed E-state index contributed by atoms with van der Waals surface area (Å²) in [5, 5.41) is 13.2. The molecule has 6 heteroatoms. The fourth-order valence-corrected chi connectivity index (χ4v) is 3.34. The third-order valence-electron chi connectivity index (χ3n) is 4.85. The van der Waals surface area contributed by atoms with Gasteiger partial charge in [-0.05, 0) is 31.4 Å². The van der Waals surface area contributed by atoms with E-state index < -0.39 is 0 Å². The molecule has 0 N–H and O–H groups in total. The van der Waals surface area contributed by atoms with Gasteiger partial charge in [-0.3, -0.25) is 0 Å². The van der Waals surface area contributed by atoms with Gasteiger partial charge in [-0.1, -0.05) is 23.4 Å². The molecular weight excluding hydrogens is 354 g/mol. The molecule has 2 aromatic carbocycles. The van der Waals surface area contributed by atoms with Crippen LogP contribution in [0.2, 0.25) is 0 Å². The van der Waals surface area contributed by atoms with Crippen molar-refractivity contribution in [2.24, 2.45) is 5.16 Å². The smallest absolute Gasteiger partial charge is 0.143 e. The summed E-state index contributed by atoms with van der Waals surface area (Å²) in [5.41, 5.74) is 3.20. The number of nitrogens with zero attached hydrogens (tertiary/aromatic N) is 3. The number of oxime groups is 1. The molecule has 6 nitrogen and oxygen atoms in total. The van der Waals surface area contributed by atoms with Gasteiger partial charge in [-0.2, -0.15) is 5.26 Å². The molecule has 1 aliphatic rings. The average Bonchev–Trinajstić information content (AvgIpc) is 2.77. The van der Waals surface area contributed by atoms with E-state index in [-0.39, 0.29) is 6.61 Å². The number of piperidine rings is 1. The van der Waals surface area contributed by atoms with Gasteiger partial charge in [0, 0.05) is 30.3 Å². The van der Waals surface area contributed by atoms with E-state index in [0.29, 0.717) is 11.3 Å². The molecular formula is C22H25N3O3. The molecule has 0 unspecified atom stereocenters. The van der Waals surface area contributed by atoms with Gasteiger partial charge >= 0.3 is 0 Å². The molecule has 0 aromatic heterocycles. The maximum Gasteiger partial charge on any atom is 0.143 e. The first-order valence-electron chi connectivity index (χ1n) is 9.41. The Morgan fingerprint density at radius 2 is 1.82 bits per heavy atom. The second-order valence-electron chi connectivity index (χ2n) is 6.59. The van der Waals surface area contributed by atoms with E-state index in [1.165, 1.54) is 19.3 Å². The summed E-state index contributed by atoms with van der Waals surface area (Å²) in [4.78, 5) is 7.73. The topological polar surface area (TPSA) is 67.1 Å². The zero-order valence-corrected chi connectivity index (χ0v) is 16.4. The van der Waals surface area contributed by atoms with Gasteiger partial charge in [0.2, 0.25) is 0 Å². The van der Waals surface area contributed by atoms with Crippen LogP contribution in [0, 0.1) is 11.3 Å². The Morgan fingerprint density at radius 1 is 1.07 bits per heavy atom. The van der Waals surface area contributed by atoms with Crippen LogP contribution in [-0.4, -0.2) is 33.5 Å². The van der Waals surface area contributed by atoms with Crippen LogP contribution in [0.4, 0.5) is 5.69 Å². The van der Waals surface area contributed by atoms with Gasteiger partial charge in [0.1, 0.15) is 18.1 Å². The van der Waals surface area contributed by atoms with E-state index in [9.17, 15) is 0 Å². The fourth-order valence-electron chi connectivity index (χ4n) is 3.34. The van der Waals surface area contributed by atoms with E-state index in [0.717, 1.165) is 35.7 Å². The van der Waals surface area contributed by atoms with Crippen molar-refractivity contribution in [2.45, 2.75) is 25.9 Å². The maximum atomic E-state index is 9.13. The van der Waals surface area contributed by atoms with Gasteiger partial charge in [-0.15, -0.1) is 0 Å². The van der Waals surface area contributed by atoms with E-state index in [1.807, 2.05) is 30.3 Å². The van der Waals surface area contributed by atoms with Crippen molar-refractivity contribution in [3.05, 3.63) is 53.1 Å². The van der Waals surface area contributed by atoms with E-state index in [4.69, 9.17) is 19.6 Å². The van der Waals surface area contributed by atoms with Crippen molar-refractivity contribution in [3.63, 3.8) is 0 Å². The molecule has 2 aromatic rings. The Bertz CT molecular complexity index is 868. The second-order valence-corrected chi connectivity index (χ2v) is 6.59. The van der Waals surface area contributed by atoms with Crippen LogP contribution >= 0.6 is 0 Å². The zero-order chi connectivity index (χ0) is 19.8. The van der Waals surface area contributed by atoms with E-state index >= 15 is 0 Å². The summed E-state index contributed by atoms with van der Waals surface area (Å²) in [6.07, 6.45) is 5.25. The highest BCUT2D eigenvalue weighted by Gasteiger charge is 2.18. The molecule has 1 heterocycles. The maximum absolute atomic E-state index is 9.13. The normalized spacial score (nSPS) is 14.0. The van der Waals surface area contributed by atoms with Crippen molar-refractivity contribution in [1.29, 1.82) is 5.26 Å². The molecule has 28 heavy (non-hydrogen) atoms. The highest BCUT2D eigenvalue weighted by molar-refractivity contribution is 5.86. The third-order valence-corrected chi connectivity index (χ3v) is 4.85. The largest absolute Gasteiger partial charge is 0.496 e. The zero-order valence-electron chi connectivity index (χ0n) is 16.4. The van der Waals surface area contributed by atoms with Crippen molar-refractivity contribution in [2.75, 3.05) is 32.2 Å². The summed E-state index contributed by atoms with van der Waals surface area (Å²) in [7, 11) is 3.31. The molecule has 0 radical (unpaired) electrons. The first-order valence-corrected chi connectivity index (χ1v) is 9.41. The van der Waals surface area contributed by atoms with Crippen LogP contribution in [-0.2, 0) is 11.4 Å². The quantitative estimate of drug-likeness (QED) is 0.535. The number of ether oxygens (including phenoxy) is 2. The number of rotatable bonds is 7. The lowest BCUT2D eigenvalue weighted by atomic mass is 10.1. The summed E-state index contributed by atoms with van der Waals surface area (Å²) in [5.74, 6) is 1.50. The average molecular weight is 379 g/mol. The van der Waals surface area contributed by atoms with Gasteiger partial charge in [-0.25, -0.2) is 0 Å². The molecule has 3 rings (SSSR count). The van der Waals surface area contributed by atoms with Crippen LogP contribution in [0.3, 0.4) is 0 Å². The minimum Gasteiger partial charge on any atom is -0.496 e. The van der Waals surface area contributed by atoms with Gasteiger partial charge in [0.15, 0.2) is 0 Å². The summed E-state index contributed by atoms with van der Waals surface area (Å²) in [6, 6.07) is 13.4. The second kappa shape index (κ2) is 9.65. The molecule has 0 amide bonds. The molecule has 0 spiro atoms. The standard InChI is InChI=1S/C22H25N3O3/c1-26-21-13-20(25-10-6-3-7-11-25)22(27-2)12-19(21)15-24-28-16-18-9-5-4-8-17(18)14-23/h4-5,8-9,12-13,15H,3,6-7,10-11,16H2,1-2H3/b24-15-. The lowest BCUT2D eigenvalue weighted by molar-refractivity contribution is 0.132. The lowest BCUT2D eigenvalue weighted by Crippen LogP contribution is -2.29. The molecule has 0 atom stereocenters. The van der Waals surface area contributed by atoms with E-state index in [1.54, 1.807) is 26.5 Å². The molecule has 0 aliphatic carbocycles. The molecule has 146 valence electrons. The Morgan fingerprint density at radius 3 is 2.54 bits per heavy atom. The lowest BCUT2D eigenvalue weighted by Gasteiger charge is -2.30. The number of methoxy groups -OCH3 is 2. The number of hydrogen-bond acceptors (Lipinski definition) is 6. The number of nitriles is 1. The highest BCUT2D eigenvalue weighted by Crippen LogP contribution is 2.36. The number of benzene rings is 2. The molecule has 1 aliphatic heterocycles. The molecule has 0 bridgehead atoms. The number of anilines is 1. The molecule has 0 saturated carbocycles. The first kappa shape index (κ1) is 19.6. The SMILES string of the molecule is COc1cc(N2CCCCC2)c(OC)cc1/C=N\OCc1ccccc1C#N. The van der Waals surface area contributed by atoms with Crippen LogP contribution < -0.4 is 14.4 Å². The van der Waals surface area contributed by atoms with E-state index in [2.05, 4.69) is 16.1 Å². The summed E-state index contributed by atoms with van der Waals surface area (Å²) < 4.78 is 11.2. The van der Waals surface area contributed by atoms with Crippen LogP contribution in [0.5, 0.6) is 11.5 Å². The van der Waals surface area contributed by atoms with Crippen molar-refractivity contribution in [3.8, 4) is 17.6 Å². The van der Waals surface area contributed by atoms with Crippen LogP contribution in [0.15, 0.2) is 41.6 Å². The molecule has 1 saturated heterocycles. The van der Waals surface area contributed by atoms with Crippen LogP contribution in [0.1, 0.15) is 36.0 Å². The minimum absolute atomic E-state index is 0.228. The first-order chi connectivity index (χ1) is 13.8. The van der Waals surface area contributed by atoms with Crippen molar-refractivity contribution in [1.82, 2.24) is 0 Å². The predicted octanol–water partition coefficient (Wildman–Crippen LogP) is 4.12. The Hall–Kier alpha value is -3.20. The Kier molecular flexibility index (Phi) is 6.74. The van der Waals surface area contributed by atoms with Gasteiger partial charge in [0.05, 0.1) is 37.8 Å². The molecule has 1 fully saturated rings. The Balaban J connectivity index is 1.75. The third kappa shape index (κ3) is 4.55. The predicted molar refractivity (Wildman–Crippen MR) is 109 cm³/mol. The van der Waals surface area contributed by atoms with Crippen LogP contribution in [0.25, 0.3) is 0 Å². The summed E-state index contributed by atoms with van der Waals surface area (Å²) >= 11 is 0. The van der Waals surface area contributed by atoms with Gasteiger partial charge in [0.25, 0.3) is 0 Å². The monoisotopic (exact) mass is 379 g/mol. The minimum atomic E-state index is 0.228. The van der Waals surface area contributed by atoms with Gasteiger partial charge < -0.3 is 19.2 Å². The van der Waals surface area contributed by atoms with Crippen molar-refractivity contribution >= 4 is 11.9 Å². The summed E-state index contributed by atoms with van der Waals surface area (Å²) in [6.45, 7) is 2.27.